The Morgan fingerprint density at radius 3 is 1.69 bits per heavy atom. The zero-order valence-corrected chi connectivity index (χ0v) is 52.1. The van der Waals surface area contributed by atoms with Gasteiger partial charge in [0.25, 0.3) is 6.33 Å². The van der Waals surface area contributed by atoms with Crippen molar-refractivity contribution in [1.82, 2.24) is 14.1 Å². The predicted octanol–water partition coefficient (Wildman–Crippen LogP) is 20.0. The molecule has 0 unspecified atom stereocenters. The minimum Gasteiger partial charge on any atom is -0.510 e. The van der Waals surface area contributed by atoms with Crippen LogP contribution in [0.5, 0.6) is 11.5 Å². The zero-order chi connectivity index (χ0) is 60.4. The number of aromatic nitrogens is 4. The van der Waals surface area contributed by atoms with Gasteiger partial charge in [-0.15, -0.1) is 29.7 Å². The molecule has 4 heterocycles. The molecular weight excluding hydrogens is 1210 g/mol. The minimum absolute atomic E-state index is 0. The second kappa shape index (κ2) is 20.8. The molecule has 0 atom stereocenters. The van der Waals surface area contributed by atoms with E-state index in [0.29, 0.717) is 28.4 Å². The first kappa shape index (κ1) is 52.5. The molecule has 0 aliphatic heterocycles. The Balaban J connectivity index is 0.00000739. The van der Waals surface area contributed by atoms with E-state index in [-0.39, 0.29) is 48.3 Å². The minimum atomic E-state index is -2.53. The summed E-state index contributed by atoms with van der Waals surface area (Å²) in [5, 5.41) is 3.99. The molecule has 0 spiro atoms. The summed E-state index contributed by atoms with van der Waals surface area (Å²) < 4.78 is 46.7. The fraction of sp³-hybridized carbons (Fsp3) is 0.221. The molecule has 0 fully saturated rings. The molecule has 0 saturated carbocycles. The molecule has 84 heavy (non-hydrogen) atoms. The Bertz CT molecular complexity index is 4680. The van der Waals surface area contributed by atoms with Gasteiger partial charge in [-0.2, -0.15) is 18.2 Å². The van der Waals surface area contributed by atoms with E-state index in [9.17, 15) is 4.11 Å². The smallest absolute Gasteiger partial charge is 0.268 e. The van der Waals surface area contributed by atoms with Crippen molar-refractivity contribution in [2.75, 3.05) is 0 Å². The molecule has 9 aromatic carbocycles. The fourth-order valence-corrected chi connectivity index (χ4v) is 11.4. The quantitative estimate of drug-likeness (QED) is 0.113. The molecule has 0 N–H and O–H groups in total. The second-order valence-electron chi connectivity index (χ2n) is 26.5. The molecule has 0 amide bonds. The van der Waals surface area contributed by atoms with Gasteiger partial charge in [0.05, 0.1) is 16.7 Å². The van der Waals surface area contributed by atoms with Crippen LogP contribution in [0.3, 0.4) is 0 Å². The molecule has 0 radical (unpaired) electrons. The molecule has 422 valence electrons. The zero-order valence-electron chi connectivity index (χ0n) is 52.8. The Kier molecular flexibility index (Phi) is 13.0. The summed E-state index contributed by atoms with van der Waals surface area (Å²) in [5.74, 6) is 1.39. The summed E-state index contributed by atoms with van der Waals surface area (Å²) in [7, 11) is 0. The van der Waals surface area contributed by atoms with E-state index < -0.39 is 6.85 Å². The van der Waals surface area contributed by atoms with Crippen LogP contribution < -0.4 is 9.30 Å². The molecule has 13 aromatic rings. The maximum Gasteiger partial charge on any atom is 0.268 e. The van der Waals surface area contributed by atoms with Crippen LogP contribution >= 0.6 is 0 Å². The largest absolute Gasteiger partial charge is 0.510 e. The van der Waals surface area contributed by atoms with E-state index in [2.05, 4.69) is 197 Å². The molecule has 0 bridgehead atoms. The first-order valence-electron chi connectivity index (χ1n) is 30.2. The van der Waals surface area contributed by atoms with E-state index in [1.807, 2.05) is 94.1 Å². The van der Waals surface area contributed by atoms with Gasteiger partial charge < -0.3 is 18.3 Å². The summed E-state index contributed by atoms with van der Waals surface area (Å²) in [6, 6.07) is 69.8. The van der Waals surface area contributed by atoms with Crippen LogP contribution in [-0.2, 0) is 42.7 Å². The number of ether oxygens (including phenoxy) is 1. The maximum absolute atomic E-state index is 9.27. The van der Waals surface area contributed by atoms with E-state index >= 15 is 0 Å². The topological polar surface area (TPSA) is 49.0 Å². The van der Waals surface area contributed by atoms with Gasteiger partial charge in [0.15, 0.2) is 0 Å². The van der Waals surface area contributed by atoms with Crippen molar-refractivity contribution in [1.29, 1.82) is 0 Å². The van der Waals surface area contributed by atoms with Crippen molar-refractivity contribution in [3.63, 3.8) is 0 Å². The van der Waals surface area contributed by atoms with Crippen molar-refractivity contribution >= 4 is 54.8 Å². The van der Waals surface area contributed by atoms with Crippen molar-refractivity contribution in [2.45, 2.75) is 112 Å². The van der Waals surface area contributed by atoms with E-state index in [1.54, 1.807) is 12.3 Å². The first-order chi connectivity index (χ1) is 40.7. The van der Waals surface area contributed by atoms with Gasteiger partial charge in [-0.1, -0.05) is 186 Å². The van der Waals surface area contributed by atoms with Gasteiger partial charge in [0.2, 0.25) is 0 Å². The van der Waals surface area contributed by atoms with Gasteiger partial charge in [0, 0.05) is 64.7 Å². The summed E-state index contributed by atoms with van der Waals surface area (Å²) in [6.07, 6.45) is 5.37. The number of furan rings is 1. The Hall–Kier alpha value is -8.31. The van der Waals surface area contributed by atoms with E-state index in [1.165, 1.54) is 22.3 Å². The number of benzene rings is 9. The van der Waals surface area contributed by atoms with E-state index in [0.717, 1.165) is 88.5 Å². The van der Waals surface area contributed by atoms with Crippen LogP contribution in [0.4, 0.5) is 0 Å². The van der Waals surface area contributed by atoms with Gasteiger partial charge >= 0.3 is 0 Å². The van der Waals surface area contributed by atoms with Crippen LogP contribution in [0.25, 0.3) is 105 Å². The molecule has 6 nitrogen and oxygen atoms in total. The number of fused-ring (bicyclic) bond motifs is 7. The maximum atomic E-state index is 9.27. The summed E-state index contributed by atoms with van der Waals surface area (Å²) in [6.45, 7) is 24.6. The normalized spacial score (nSPS) is 13.2. The number of pyridine rings is 1. The SMILES string of the molecule is [2H]C([2H])([2H])c1cc(-n2c3[c-]c(Oc4[c-]c(-n5[c-][n+](-c6ccc7oc8ccccc8c7c6)c6ccccc65)ccc4)ccc3c3ccccc32)ncc1-c1cc(-c2cc(C(C)(C)C)cc(C(C)(C)C)c2)cc(-c2cc(C(C)(C)C)cc(C(C)(C)C)c2)c1.[Pt]. The number of aryl methyl sites for hydroxylation is 1. The van der Waals surface area contributed by atoms with Crippen molar-refractivity contribution in [2.24, 2.45) is 0 Å². The Labute approximate surface area is 512 Å². The molecule has 7 heteroatoms. The number of rotatable bonds is 8. The summed E-state index contributed by atoms with van der Waals surface area (Å²) in [5.41, 5.74) is 17.0. The standard InChI is InChI=1S/C77H70N4O2.Pt/c1-48-33-73(78-46-66(48)53-35-49(51-37-54(74(2,3)4)41-55(38-51)75(5,6)7)34-50(36-53)52-39-56(76(8,9)10)42-57(40-52)77(11,12)13)81-67-25-16-14-23-62(67)63-31-30-61(45-70(63)81)82-60-22-20-21-58(43-60)79-47-80(69-27-18-17-26-68(69)79)59-29-32-72-65(44-59)64-24-15-19-28-71(64)83-72;/h14-42,44,46H,1-13H3;/q-2;/i1D3;. The van der Waals surface area contributed by atoms with Crippen molar-refractivity contribution in [3.05, 3.63) is 234 Å². The van der Waals surface area contributed by atoms with Crippen LogP contribution in [0.1, 0.15) is 115 Å². The second-order valence-corrected chi connectivity index (χ2v) is 26.5. The monoisotopic (exact) mass is 1280 g/mol. The number of para-hydroxylation sites is 4. The molecule has 0 saturated heterocycles. The number of nitrogens with zero attached hydrogens (tertiary/aromatic N) is 4. The molecular formula is C77H70N4O2Pt-2. The van der Waals surface area contributed by atoms with Gasteiger partial charge in [-0.25, -0.2) is 4.98 Å². The molecule has 13 rings (SSSR count). The predicted molar refractivity (Wildman–Crippen MR) is 343 cm³/mol. The molecule has 4 aromatic heterocycles. The van der Waals surface area contributed by atoms with Crippen molar-refractivity contribution < 1.29 is 38.9 Å². The van der Waals surface area contributed by atoms with Crippen LogP contribution in [-0.4, -0.2) is 14.1 Å². The van der Waals surface area contributed by atoms with Gasteiger partial charge in [0.1, 0.15) is 17.0 Å². The number of hydrogen-bond donors (Lipinski definition) is 0. The third-order valence-corrected chi connectivity index (χ3v) is 16.3. The third kappa shape index (κ3) is 10.4. The van der Waals surface area contributed by atoms with Crippen LogP contribution in [0, 0.1) is 25.3 Å². The molecule has 0 aliphatic carbocycles. The summed E-state index contributed by atoms with van der Waals surface area (Å²) >= 11 is 0. The average Bonchev–Trinajstić information content (AvgIpc) is 1.79. The third-order valence-electron chi connectivity index (χ3n) is 16.3. The Morgan fingerprint density at radius 2 is 1.05 bits per heavy atom. The average molecular weight is 1280 g/mol. The van der Waals surface area contributed by atoms with Crippen LogP contribution in [0.2, 0.25) is 0 Å². The first-order valence-corrected chi connectivity index (χ1v) is 28.7. The summed E-state index contributed by atoms with van der Waals surface area (Å²) in [4.78, 5) is 5.23. The van der Waals surface area contributed by atoms with Gasteiger partial charge in [-0.05, 0) is 150 Å². The fourth-order valence-electron chi connectivity index (χ4n) is 11.4. The number of imidazole rings is 1. The van der Waals surface area contributed by atoms with E-state index in [4.69, 9.17) is 14.1 Å². The van der Waals surface area contributed by atoms with Crippen LogP contribution in [0.15, 0.2) is 193 Å². The van der Waals surface area contributed by atoms with Gasteiger partial charge in [-0.3, -0.25) is 4.57 Å². The number of hydrogen-bond acceptors (Lipinski definition) is 3. The Morgan fingerprint density at radius 1 is 0.488 bits per heavy atom. The molecule has 0 aliphatic rings. The van der Waals surface area contributed by atoms with Crippen molar-refractivity contribution in [3.8, 4) is 62.1 Å².